The van der Waals surface area contributed by atoms with Crippen LogP contribution in [0.3, 0.4) is 0 Å². The first-order valence-electron chi connectivity index (χ1n) is 5.78. The molecule has 18 heavy (non-hydrogen) atoms. The molecule has 0 N–H and O–H groups in total. The van der Waals surface area contributed by atoms with Crippen molar-refractivity contribution in [2.45, 2.75) is 6.42 Å². The molecule has 1 aromatic carbocycles. The van der Waals surface area contributed by atoms with Gasteiger partial charge in [-0.25, -0.2) is 9.50 Å². The fourth-order valence-corrected chi connectivity index (χ4v) is 1.88. The molecule has 0 aliphatic rings. The van der Waals surface area contributed by atoms with E-state index in [4.69, 9.17) is 4.74 Å². The van der Waals surface area contributed by atoms with Crippen LogP contribution in [0.15, 0.2) is 48.7 Å². The van der Waals surface area contributed by atoms with Gasteiger partial charge in [0.25, 0.3) is 0 Å². The summed E-state index contributed by atoms with van der Waals surface area (Å²) in [7, 11) is 1.67. The number of pyridine rings is 1. The predicted octanol–water partition coefficient (Wildman–Crippen LogP) is 2.33. The van der Waals surface area contributed by atoms with Crippen molar-refractivity contribution in [3.05, 3.63) is 60.0 Å². The zero-order valence-corrected chi connectivity index (χ0v) is 10.1. The smallest absolute Gasteiger partial charge is 0.156 e. The molecule has 0 saturated carbocycles. The molecule has 2 aromatic heterocycles. The van der Waals surface area contributed by atoms with Crippen molar-refractivity contribution < 1.29 is 4.74 Å². The van der Waals surface area contributed by atoms with E-state index in [0.717, 1.165) is 23.6 Å². The number of ether oxygens (including phenoxy) is 1. The monoisotopic (exact) mass is 239 g/mol. The van der Waals surface area contributed by atoms with Gasteiger partial charge in [0, 0.05) is 12.6 Å². The number of rotatable bonds is 3. The van der Waals surface area contributed by atoms with Gasteiger partial charge >= 0.3 is 0 Å². The molecule has 0 aliphatic heterocycles. The topological polar surface area (TPSA) is 39.4 Å². The van der Waals surface area contributed by atoms with Crippen LogP contribution in [-0.2, 0) is 6.42 Å². The van der Waals surface area contributed by atoms with Crippen molar-refractivity contribution in [3.8, 4) is 5.75 Å². The van der Waals surface area contributed by atoms with Gasteiger partial charge in [0.1, 0.15) is 5.75 Å². The van der Waals surface area contributed by atoms with Gasteiger partial charge in [0.15, 0.2) is 11.5 Å². The minimum atomic E-state index is 0.728. The zero-order chi connectivity index (χ0) is 12.4. The molecule has 4 heteroatoms. The van der Waals surface area contributed by atoms with Crippen LogP contribution in [0.4, 0.5) is 0 Å². The van der Waals surface area contributed by atoms with Crippen LogP contribution in [0, 0.1) is 0 Å². The maximum atomic E-state index is 5.13. The fraction of sp³-hybridized carbons (Fsp3) is 0.143. The lowest BCUT2D eigenvalue weighted by molar-refractivity contribution is 0.414. The zero-order valence-electron chi connectivity index (χ0n) is 10.1. The van der Waals surface area contributed by atoms with Crippen LogP contribution in [0.25, 0.3) is 5.65 Å². The summed E-state index contributed by atoms with van der Waals surface area (Å²) in [4.78, 5) is 4.47. The first-order valence-corrected chi connectivity index (χ1v) is 5.78. The SMILES string of the molecule is COc1ccc(Cc2nc3ccccn3n2)cc1. The first kappa shape index (κ1) is 10.8. The lowest BCUT2D eigenvalue weighted by atomic mass is 10.1. The highest BCUT2D eigenvalue weighted by Crippen LogP contribution is 2.13. The molecule has 0 saturated heterocycles. The van der Waals surface area contributed by atoms with Crippen molar-refractivity contribution in [2.24, 2.45) is 0 Å². The number of methoxy groups -OCH3 is 1. The largest absolute Gasteiger partial charge is 0.497 e. The van der Waals surface area contributed by atoms with E-state index < -0.39 is 0 Å². The van der Waals surface area contributed by atoms with Gasteiger partial charge < -0.3 is 4.74 Å². The van der Waals surface area contributed by atoms with Gasteiger partial charge in [-0.3, -0.25) is 0 Å². The van der Waals surface area contributed by atoms with E-state index >= 15 is 0 Å². The maximum absolute atomic E-state index is 5.13. The molecule has 0 unspecified atom stereocenters. The average molecular weight is 239 g/mol. The van der Waals surface area contributed by atoms with Crippen LogP contribution in [0.1, 0.15) is 11.4 Å². The van der Waals surface area contributed by atoms with E-state index in [0.29, 0.717) is 0 Å². The molecule has 0 amide bonds. The summed E-state index contributed by atoms with van der Waals surface area (Å²) in [6.45, 7) is 0. The van der Waals surface area contributed by atoms with Gasteiger partial charge in [-0.1, -0.05) is 18.2 Å². The van der Waals surface area contributed by atoms with Crippen molar-refractivity contribution >= 4 is 5.65 Å². The molecular weight excluding hydrogens is 226 g/mol. The molecule has 90 valence electrons. The number of hydrogen-bond acceptors (Lipinski definition) is 3. The van der Waals surface area contributed by atoms with Gasteiger partial charge in [-0.2, -0.15) is 5.10 Å². The van der Waals surface area contributed by atoms with Gasteiger partial charge in [-0.05, 0) is 29.8 Å². The number of benzene rings is 1. The lowest BCUT2D eigenvalue weighted by Gasteiger charge is -2.00. The summed E-state index contributed by atoms with van der Waals surface area (Å²) in [5, 5.41) is 4.42. The molecule has 4 nitrogen and oxygen atoms in total. The highest BCUT2D eigenvalue weighted by atomic mass is 16.5. The fourth-order valence-electron chi connectivity index (χ4n) is 1.88. The number of nitrogens with zero attached hydrogens (tertiary/aromatic N) is 3. The number of aromatic nitrogens is 3. The minimum Gasteiger partial charge on any atom is -0.497 e. The molecule has 0 atom stereocenters. The Morgan fingerprint density at radius 3 is 2.67 bits per heavy atom. The van der Waals surface area contributed by atoms with Crippen LogP contribution in [-0.4, -0.2) is 21.7 Å². The molecule has 0 radical (unpaired) electrons. The van der Waals surface area contributed by atoms with E-state index in [1.165, 1.54) is 5.56 Å². The Balaban J connectivity index is 1.86. The molecular formula is C14H13N3O. The Labute approximate surface area is 105 Å². The Hall–Kier alpha value is -2.36. The predicted molar refractivity (Wildman–Crippen MR) is 68.8 cm³/mol. The van der Waals surface area contributed by atoms with Crippen LogP contribution >= 0.6 is 0 Å². The maximum Gasteiger partial charge on any atom is 0.156 e. The Morgan fingerprint density at radius 1 is 1.11 bits per heavy atom. The molecule has 0 fully saturated rings. The summed E-state index contributed by atoms with van der Waals surface area (Å²) < 4.78 is 6.92. The molecule has 2 heterocycles. The summed E-state index contributed by atoms with van der Waals surface area (Å²) in [5.41, 5.74) is 2.05. The standard InChI is InChI=1S/C14H13N3O/c1-18-12-7-5-11(6-8-12)10-13-15-14-4-2-3-9-17(14)16-13/h2-9H,10H2,1H3. The van der Waals surface area contributed by atoms with E-state index in [1.54, 1.807) is 11.6 Å². The molecule has 0 aliphatic carbocycles. The Bertz CT molecular complexity index is 625. The highest BCUT2D eigenvalue weighted by molar-refractivity contribution is 5.37. The first-order chi connectivity index (χ1) is 8.85. The summed E-state index contributed by atoms with van der Waals surface area (Å²) in [6, 6.07) is 13.8. The second-order valence-corrected chi connectivity index (χ2v) is 4.06. The Kier molecular flexibility index (Phi) is 2.68. The molecule has 3 aromatic rings. The summed E-state index contributed by atoms with van der Waals surface area (Å²) >= 11 is 0. The van der Waals surface area contributed by atoms with E-state index in [9.17, 15) is 0 Å². The molecule has 0 bridgehead atoms. The van der Waals surface area contributed by atoms with E-state index in [-0.39, 0.29) is 0 Å². The third kappa shape index (κ3) is 2.05. The normalized spacial score (nSPS) is 10.7. The second-order valence-electron chi connectivity index (χ2n) is 4.06. The summed E-state index contributed by atoms with van der Waals surface area (Å²) in [5.74, 6) is 1.69. The second kappa shape index (κ2) is 4.49. The molecule has 0 spiro atoms. The van der Waals surface area contributed by atoms with E-state index in [1.807, 2.05) is 48.7 Å². The van der Waals surface area contributed by atoms with Gasteiger partial charge in [0.2, 0.25) is 0 Å². The van der Waals surface area contributed by atoms with Gasteiger partial charge in [-0.15, -0.1) is 0 Å². The number of fused-ring (bicyclic) bond motifs is 1. The summed E-state index contributed by atoms with van der Waals surface area (Å²) in [6.07, 6.45) is 2.63. The third-order valence-corrected chi connectivity index (χ3v) is 2.81. The van der Waals surface area contributed by atoms with Crippen molar-refractivity contribution in [2.75, 3.05) is 7.11 Å². The van der Waals surface area contributed by atoms with Crippen LogP contribution < -0.4 is 4.74 Å². The Morgan fingerprint density at radius 2 is 1.94 bits per heavy atom. The third-order valence-electron chi connectivity index (χ3n) is 2.81. The lowest BCUT2D eigenvalue weighted by Crippen LogP contribution is -1.92. The number of hydrogen-bond donors (Lipinski definition) is 0. The van der Waals surface area contributed by atoms with Crippen molar-refractivity contribution in [1.82, 2.24) is 14.6 Å². The van der Waals surface area contributed by atoms with Crippen molar-refractivity contribution in [3.63, 3.8) is 0 Å². The van der Waals surface area contributed by atoms with Gasteiger partial charge in [0.05, 0.1) is 7.11 Å². The van der Waals surface area contributed by atoms with Crippen LogP contribution in [0.2, 0.25) is 0 Å². The average Bonchev–Trinajstić information content (AvgIpc) is 2.82. The van der Waals surface area contributed by atoms with Crippen LogP contribution in [0.5, 0.6) is 5.75 Å². The van der Waals surface area contributed by atoms with Crippen molar-refractivity contribution in [1.29, 1.82) is 0 Å². The van der Waals surface area contributed by atoms with E-state index in [2.05, 4.69) is 10.1 Å². The quantitative estimate of drug-likeness (QED) is 0.704. The minimum absolute atomic E-state index is 0.728. The molecule has 3 rings (SSSR count). The highest BCUT2D eigenvalue weighted by Gasteiger charge is 2.04.